The van der Waals surface area contributed by atoms with E-state index in [1.165, 1.54) is 6.07 Å². The Labute approximate surface area is 203 Å². The first-order valence-electron chi connectivity index (χ1n) is 11.5. The molecule has 0 unspecified atom stereocenters. The highest BCUT2D eigenvalue weighted by Crippen LogP contribution is 2.67. The number of nitrogens with one attached hydrogen (secondary N) is 1. The lowest BCUT2D eigenvalue weighted by molar-refractivity contribution is 0.0399. The van der Waals surface area contributed by atoms with Crippen molar-refractivity contribution in [3.05, 3.63) is 75.6 Å². The maximum Gasteiger partial charge on any atom is 0.274 e. The lowest BCUT2D eigenvalue weighted by atomic mass is 9.68. The fraction of sp³-hybridized carbons (Fsp3) is 0.400. The molecule has 2 atom stereocenters. The number of carbonyl (C=O) groups is 1. The van der Waals surface area contributed by atoms with Crippen LogP contribution in [0.3, 0.4) is 0 Å². The summed E-state index contributed by atoms with van der Waals surface area (Å²) in [6.45, 7) is 3.07. The molecule has 1 N–H and O–H groups in total. The van der Waals surface area contributed by atoms with Crippen LogP contribution in [0.1, 0.15) is 54.4 Å². The minimum Gasteiger partial charge on any atom is -0.331 e. The van der Waals surface area contributed by atoms with Crippen LogP contribution < -0.4 is 5.56 Å². The number of nitrogens with zero attached hydrogens (tertiary/aromatic N) is 4. The van der Waals surface area contributed by atoms with Crippen molar-refractivity contribution in [2.24, 2.45) is 5.41 Å². The van der Waals surface area contributed by atoms with Crippen molar-refractivity contribution in [3.63, 3.8) is 0 Å². The van der Waals surface area contributed by atoms with Crippen LogP contribution in [0.5, 0.6) is 0 Å². The second kappa shape index (κ2) is 8.49. The Kier molecular flexibility index (Phi) is 5.68. The molecule has 0 aliphatic heterocycles. The standard InChI is InChI=1S/C25H23F4N5O2/c1-24(2)14-6-7-25(24,12-34(11-19(28)29)23(36)18-9-31-20(35)10-30-18)22-13(14)8-17(32-33-22)21-15(26)4-3-5-16(21)27/h3-5,8-10,14,19H,6-7,11-12H2,1-2H3,(H,31,35)/t14-,25-/m1/s1. The SMILES string of the molecule is CC1(C)[C@@H]2CC[C@@]1(CN(CC(F)F)C(=O)c1c[nH]c(=O)cn1)c1nnc(-c3c(F)cccc3F)cc12. The van der Waals surface area contributed by atoms with Crippen molar-refractivity contribution in [2.75, 3.05) is 13.1 Å². The van der Waals surface area contributed by atoms with Gasteiger partial charge in [0.25, 0.3) is 17.9 Å². The summed E-state index contributed by atoms with van der Waals surface area (Å²) in [6, 6.07) is 5.17. The van der Waals surface area contributed by atoms with E-state index in [1.54, 1.807) is 6.07 Å². The maximum absolute atomic E-state index is 14.4. The van der Waals surface area contributed by atoms with E-state index < -0.39 is 46.9 Å². The maximum atomic E-state index is 14.4. The third-order valence-corrected chi connectivity index (χ3v) is 7.83. The fourth-order valence-electron chi connectivity index (χ4n) is 5.97. The number of amides is 1. The van der Waals surface area contributed by atoms with Gasteiger partial charge in [-0.05, 0) is 47.9 Å². The molecule has 1 amide bonds. The van der Waals surface area contributed by atoms with Crippen molar-refractivity contribution in [1.29, 1.82) is 0 Å². The zero-order valence-electron chi connectivity index (χ0n) is 19.6. The van der Waals surface area contributed by atoms with Gasteiger partial charge in [0.2, 0.25) is 0 Å². The number of H-pyrrole nitrogens is 1. The quantitative estimate of drug-likeness (QED) is 0.515. The number of benzene rings is 1. The third-order valence-electron chi connectivity index (χ3n) is 7.83. The van der Waals surface area contributed by atoms with Gasteiger partial charge in [-0.1, -0.05) is 19.9 Å². The van der Waals surface area contributed by atoms with Crippen LogP contribution in [0.25, 0.3) is 11.3 Å². The van der Waals surface area contributed by atoms with Crippen LogP contribution >= 0.6 is 0 Å². The van der Waals surface area contributed by atoms with Crippen LogP contribution in [-0.2, 0) is 5.41 Å². The Bertz CT molecular complexity index is 1370. The molecule has 0 radical (unpaired) electrons. The molecule has 1 saturated carbocycles. The molecule has 188 valence electrons. The molecule has 5 rings (SSSR count). The van der Waals surface area contributed by atoms with E-state index in [2.05, 4.69) is 20.2 Å². The second-order valence-electron chi connectivity index (χ2n) is 9.90. The molecule has 1 fully saturated rings. The first kappa shape index (κ1) is 24.1. The van der Waals surface area contributed by atoms with Gasteiger partial charge >= 0.3 is 0 Å². The molecule has 36 heavy (non-hydrogen) atoms. The minimum absolute atomic E-state index is 0.0563. The number of hydrogen-bond acceptors (Lipinski definition) is 5. The van der Waals surface area contributed by atoms with Gasteiger partial charge in [-0.25, -0.2) is 22.5 Å². The van der Waals surface area contributed by atoms with E-state index in [0.29, 0.717) is 18.5 Å². The van der Waals surface area contributed by atoms with E-state index in [0.717, 1.165) is 35.0 Å². The second-order valence-corrected chi connectivity index (χ2v) is 9.90. The van der Waals surface area contributed by atoms with Crippen LogP contribution in [0.15, 0.2) is 41.5 Å². The first-order chi connectivity index (χ1) is 17.0. The molecule has 2 bridgehead atoms. The highest BCUT2D eigenvalue weighted by molar-refractivity contribution is 5.92. The molecule has 11 heteroatoms. The van der Waals surface area contributed by atoms with Crippen LogP contribution in [0.4, 0.5) is 17.6 Å². The predicted molar refractivity (Wildman–Crippen MR) is 122 cm³/mol. The number of rotatable bonds is 6. The number of alkyl halides is 2. The Balaban J connectivity index is 1.57. The lowest BCUT2D eigenvalue weighted by Crippen LogP contribution is -2.50. The highest BCUT2D eigenvalue weighted by atomic mass is 19.3. The van der Waals surface area contributed by atoms with Crippen molar-refractivity contribution in [1.82, 2.24) is 25.1 Å². The number of halogens is 4. The number of aromatic nitrogens is 4. The largest absolute Gasteiger partial charge is 0.331 e. The Hall–Kier alpha value is -3.63. The predicted octanol–water partition coefficient (Wildman–Crippen LogP) is 4.07. The van der Waals surface area contributed by atoms with Gasteiger partial charge in [0, 0.05) is 18.2 Å². The average Bonchev–Trinajstić information content (AvgIpc) is 3.18. The molecule has 0 spiro atoms. The number of fused-ring (bicyclic) bond motifs is 5. The summed E-state index contributed by atoms with van der Waals surface area (Å²) >= 11 is 0. The summed E-state index contributed by atoms with van der Waals surface area (Å²) in [7, 11) is 0. The molecular weight excluding hydrogens is 478 g/mol. The first-order valence-corrected chi connectivity index (χ1v) is 11.5. The topological polar surface area (TPSA) is 91.8 Å². The summed E-state index contributed by atoms with van der Waals surface area (Å²) in [5.41, 5.74) is -0.909. The van der Waals surface area contributed by atoms with Gasteiger partial charge in [0.05, 0.1) is 29.7 Å². The van der Waals surface area contributed by atoms with Gasteiger partial charge in [0.1, 0.15) is 17.3 Å². The molecule has 7 nitrogen and oxygen atoms in total. The molecule has 2 aromatic heterocycles. The van der Waals surface area contributed by atoms with E-state index in [-0.39, 0.29) is 29.4 Å². The Morgan fingerprint density at radius 1 is 1.22 bits per heavy atom. The van der Waals surface area contributed by atoms with Gasteiger partial charge in [-0.3, -0.25) is 9.59 Å². The van der Waals surface area contributed by atoms with Gasteiger partial charge in [-0.15, -0.1) is 0 Å². The zero-order chi connectivity index (χ0) is 25.8. The zero-order valence-corrected chi connectivity index (χ0v) is 19.6. The van der Waals surface area contributed by atoms with Crippen molar-refractivity contribution in [3.8, 4) is 11.3 Å². The van der Waals surface area contributed by atoms with E-state index in [4.69, 9.17) is 0 Å². The third kappa shape index (κ3) is 3.59. The molecule has 2 heterocycles. The Morgan fingerprint density at radius 3 is 2.58 bits per heavy atom. The smallest absolute Gasteiger partial charge is 0.274 e. The molecule has 3 aromatic rings. The van der Waals surface area contributed by atoms with E-state index >= 15 is 0 Å². The van der Waals surface area contributed by atoms with Gasteiger partial charge < -0.3 is 9.88 Å². The van der Waals surface area contributed by atoms with Gasteiger partial charge in [0.15, 0.2) is 0 Å². The average molecular weight is 501 g/mol. The monoisotopic (exact) mass is 501 g/mol. The minimum atomic E-state index is -2.80. The van der Waals surface area contributed by atoms with Crippen molar-refractivity contribution >= 4 is 5.91 Å². The fourth-order valence-corrected chi connectivity index (χ4v) is 5.97. The van der Waals surface area contributed by atoms with Gasteiger partial charge in [-0.2, -0.15) is 10.2 Å². The van der Waals surface area contributed by atoms with Crippen LogP contribution in [0.2, 0.25) is 0 Å². The molecule has 1 aromatic carbocycles. The highest BCUT2D eigenvalue weighted by Gasteiger charge is 2.64. The summed E-state index contributed by atoms with van der Waals surface area (Å²) in [6.07, 6.45) is 0.485. The van der Waals surface area contributed by atoms with Crippen LogP contribution in [-0.4, -0.2) is 50.5 Å². The number of hydrogen-bond donors (Lipinski definition) is 1. The summed E-state index contributed by atoms with van der Waals surface area (Å²) < 4.78 is 56.0. The number of carbonyl (C=O) groups excluding carboxylic acids is 1. The molecule has 2 aliphatic rings. The number of aromatic amines is 1. The van der Waals surface area contributed by atoms with E-state index in [1.807, 2.05) is 13.8 Å². The molecule has 2 aliphatic carbocycles. The van der Waals surface area contributed by atoms with Crippen molar-refractivity contribution < 1.29 is 22.4 Å². The lowest BCUT2D eigenvalue weighted by Gasteiger charge is -2.41. The summed E-state index contributed by atoms with van der Waals surface area (Å²) in [4.78, 5) is 31.7. The molecular formula is C25H23F4N5O2. The summed E-state index contributed by atoms with van der Waals surface area (Å²) in [5, 5.41) is 8.49. The van der Waals surface area contributed by atoms with Crippen LogP contribution in [0, 0.1) is 17.0 Å². The van der Waals surface area contributed by atoms with Crippen molar-refractivity contribution in [2.45, 2.75) is 44.4 Å². The molecule has 0 saturated heterocycles. The normalized spacial score (nSPS) is 21.6. The van der Waals surface area contributed by atoms with E-state index in [9.17, 15) is 27.2 Å². The summed E-state index contributed by atoms with van der Waals surface area (Å²) in [5.74, 6) is -2.33. The Morgan fingerprint density at radius 2 is 1.94 bits per heavy atom.